The maximum Gasteiger partial charge on any atom is 0.337 e. The van der Waals surface area contributed by atoms with Gasteiger partial charge < -0.3 is 9.15 Å². The third-order valence-corrected chi connectivity index (χ3v) is 3.31. The molecule has 1 aromatic carbocycles. The molecular weight excluding hydrogens is 324 g/mol. The summed E-state index contributed by atoms with van der Waals surface area (Å²) in [5.74, 6) is -0.292. The van der Waals surface area contributed by atoms with Gasteiger partial charge in [0.1, 0.15) is 5.69 Å². The van der Waals surface area contributed by atoms with E-state index in [9.17, 15) is 9.59 Å². The van der Waals surface area contributed by atoms with E-state index in [1.54, 1.807) is 42.5 Å². The maximum absolute atomic E-state index is 12.0. The fourth-order valence-electron chi connectivity index (χ4n) is 2.04. The first-order valence-corrected chi connectivity index (χ1v) is 7.28. The molecule has 0 saturated heterocycles. The Bertz CT molecular complexity index is 895. The molecule has 3 rings (SSSR count). The number of hydrazone groups is 1. The third kappa shape index (κ3) is 3.81. The number of hydrogen-bond acceptors (Lipinski definition) is 6. The van der Waals surface area contributed by atoms with Gasteiger partial charge in [0.2, 0.25) is 0 Å². The molecule has 0 radical (unpaired) electrons. The molecule has 0 atom stereocenters. The van der Waals surface area contributed by atoms with Crippen molar-refractivity contribution in [3.8, 4) is 11.5 Å². The van der Waals surface area contributed by atoms with Crippen molar-refractivity contribution < 1.29 is 18.7 Å². The minimum Gasteiger partial charge on any atom is -0.465 e. The van der Waals surface area contributed by atoms with Crippen LogP contribution in [0.2, 0.25) is 0 Å². The smallest absolute Gasteiger partial charge is 0.337 e. The first-order chi connectivity index (χ1) is 12.2. The van der Waals surface area contributed by atoms with Crippen molar-refractivity contribution in [3.63, 3.8) is 0 Å². The van der Waals surface area contributed by atoms with Crippen molar-refractivity contribution in [1.82, 2.24) is 15.6 Å². The number of esters is 1. The summed E-state index contributed by atoms with van der Waals surface area (Å²) in [7, 11) is 1.32. The lowest BCUT2D eigenvalue weighted by molar-refractivity contribution is 0.0600. The molecule has 0 spiro atoms. The van der Waals surface area contributed by atoms with E-state index in [1.165, 1.54) is 19.6 Å². The van der Waals surface area contributed by atoms with E-state index in [0.29, 0.717) is 22.6 Å². The van der Waals surface area contributed by atoms with Gasteiger partial charge in [-0.1, -0.05) is 12.1 Å². The summed E-state index contributed by atoms with van der Waals surface area (Å²) < 4.78 is 9.84. The monoisotopic (exact) mass is 338 g/mol. The quantitative estimate of drug-likeness (QED) is 0.421. The van der Waals surface area contributed by atoms with Crippen LogP contribution in [0.4, 0.5) is 0 Å². The van der Waals surface area contributed by atoms with Gasteiger partial charge in [-0.2, -0.15) is 10.2 Å². The molecule has 0 unspecified atom stereocenters. The number of nitrogens with zero attached hydrogens (tertiary/aromatic N) is 2. The van der Waals surface area contributed by atoms with Crippen LogP contribution in [0.1, 0.15) is 26.4 Å². The number of methoxy groups -OCH3 is 1. The number of benzene rings is 1. The topological polar surface area (TPSA) is 110 Å². The van der Waals surface area contributed by atoms with Crippen LogP contribution in [0.15, 0.2) is 58.2 Å². The lowest BCUT2D eigenvalue weighted by atomic mass is 10.1. The molecule has 3 aromatic rings. The second-order valence-corrected chi connectivity index (χ2v) is 4.96. The highest BCUT2D eigenvalue weighted by Crippen LogP contribution is 2.17. The SMILES string of the molecule is COC(=O)c1ccc(/C=N/NC(=O)c2cc(-c3ccco3)[nH]n2)cc1. The zero-order chi connectivity index (χ0) is 17.6. The number of furan rings is 1. The van der Waals surface area contributed by atoms with Gasteiger partial charge in [0, 0.05) is 6.07 Å². The zero-order valence-corrected chi connectivity index (χ0v) is 13.2. The van der Waals surface area contributed by atoms with Crippen LogP contribution < -0.4 is 5.43 Å². The second-order valence-electron chi connectivity index (χ2n) is 4.96. The summed E-state index contributed by atoms with van der Waals surface area (Å²) >= 11 is 0. The van der Waals surface area contributed by atoms with Crippen molar-refractivity contribution in [2.24, 2.45) is 5.10 Å². The number of nitrogens with one attached hydrogen (secondary N) is 2. The fourth-order valence-corrected chi connectivity index (χ4v) is 2.04. The first-order valence-electron chi connectivity index (χ1n) is 7.28. The van der Waals surface area contributed by atoms with E-state index in [-0.39, 0.29) is 5.69 Å². The van der Waals surface area contributed by atoms with Crippen molar-refractivity contribution >= 4 is 18.1 Å². The van der Waals surface area contributed by atoms with Crippen molar-refractivity contribution in [1.29, 1.82) is 0 Å². The van der Waals surface area contributed by atoms with E-state index in [1.807, 2.05) is 0 Å². The molecule has 0 aliphatic heterocycles. The number of carbonyl (C=O) groups excluding carboxylic acids is 2. The Labute approximate surface area is 142 Å². The maximum atomic E-state index is 12.0. The summed E-state index contributed by atoms with van der Waals surface area (Å²) in [6, 6.07) is 11.7. The van der Waals surface area contributed by atoms with Gasteiger partial charge in [-0.05, 0) is 29.8 Å². The largest absolute Gasteiger partial charge is 0.465 e. The first kappa shape index (κ1) is 16.2. The van der Waals surface area contributed by atoms with Crippen LogP contribution in [-0.2, 0) is 4.74 Å². The minimum atomic E-state index is -0.462. The molecular formula is C17H14N4O4. The molecule has 25 heavy (non-hydrogen) atoms. The number of aromatic amines is 1. The van der Waals surface area contributed by atoms with Gasteiger partial charge in [-0.3, -0.25) is 9.89 Å². The van der Waals surface area contributed by atoms with Crippen LogP contribution in [-0.4, -0.2) is 35.4 Å². The molecule has 0 saturated carbocycles. The van der Waals surface area contributed by atoms with E-state index in [2.05, 4.69) is 25.5 Å². The summed E-state index contributed by atoms with van der Waals surface area (Å²) in [5, 5.41) is 10.5. The lowest BCUT2D eigenvalue weighted by Crippen LogP contribution is -2.18. The molecule has 126 valence electrons. The zero-order valence-electron chi connectivity index (χ0n) is 13.2. The van der Waals surface area contributed by atoms with E-state index in [4.69, 9.17) is 4.42 Å². The number of ether oxygens (including phenoxy) is 1. The Hall–Kier alpha value is -3.68. The molecule has 0 aliphatic rings. The van der Waals surface area contributed by atoms with Crippen LogP contribution in [0.5, 0.6) is 0 Å². The molecule has 0 fully saturated rings. The standard InChI is InChI=1S/C17H14N4O4/c1-24-17(23)12-6-4-11(5-7-12)10-18-21-16(22)14-9-13(19-20-14)15-3-2-8-25-15/h2-10H,1H3,(H,19,20)(H,21,22)/b18-10+. The molecule has 8 nitrogen and oxygen atoms in total. The Morgan fingerprint density at radius 1 is 1.28 bits per heavy atom. The number of aromatic nitrogens is 2. The van der Waals surface area contributed by atoms with Gasteiger partial charge in [0.15, 0.2) is 11.5 Å². The summed E-state index contributed by atoms with van der Waals surface area (Å²) in [6.07, 6.45) is 2.99. The fraction of sp³-hybridized carbons (Fsp3) is 0.0588. The van der Waals surface area contributed by atoms with E-state index < -0.39 is 11.9 Å². The molecule has 2 N–H and O–H groups in total. The summed E-state index contributed by atoms with van der Waals surface area (Å²) in [6.45, 7) is 0. The molecule has 2 heterocycles. The summed E-state index contributed by atoms with van der Waals surface area (Å²) in [4.78, 5) is 23.3. The predicted molar refractivity (Wildman–Crippen MR) is 89.1 cm³/mol. The second kappa shape index (κ2) is 7.26. The molecule has 0 aliphatic carbocycles. The third-order valence-electron chi connectivity index (χ3n) is 3.31. The van der Waals surface area contributed by atoms with Crippen LogP contribution in [0.25, 0.3) is 11.5 Å². The van der Waals surface area contributed by atoms with Crippen molar-refractivity contribution in [2.75, 3.05) is 7.11 Å². The number of carbonyl (C=O) groups is 2. The average molecular weight is 338 g/mol. The Morgan fingerprint density at radius 3 is 2.76 bits per heavy atom. The normalized spacial score (nSPS) is 10.8. The molecule has 2 aromatic heterocycles. The Balaban J connectivity index is 1.60. The van der Waals surface area contributed by atoms with Crippen molar-refractivity contribution in [2.45, 2.75) is 0 Å². The molecule has 1 amide bonds. The Kier molecular flexibility index (Phi) is 4.70. The highest BCUT2D eigenvalue weighted by Gasteiger charge is 2.12. The molecule has 8 heteroatoms. The lowest BCUT2D eigenvalue weighted by Gasteiger charge is -1.99. The van der Waals surface area contributed by atoms with Gasteiger partial charge in [0.05, 0.1) is 25.2 Å². The van der Waals surface area contributed by atoms with Gasteiger partial charge in [-0.25, -0.2) is 10.2 Å². The Morgan fingerprint density at radius 2 is 2.08 bits per heavy atom. The minimum absolute atomic E-state index is 0.185. The molecule has 0 bridgehead atoms. The van der Waals surface area contributed by atoms with Crippen molar-refractivity contribution in [3.05, 3.63) is 65.5 Å². The summed E-state index contributed by atoms with van der Waals surface area (Å²) in [5.41, 5.74) is 4.31. The van der Waals surface area contributed by atoms with Crippen LogP contribution in [0, 0.1) is 0 Å². The highest BCUT2D eigenvalue weighted by atomic mass is 16.5. The van der Waals surface area contributed by atoms with Crippen LogP contribution in [0.3, 0.4) is 0 Å². The average Bonchev–Trinajstić information content (AvgIpc) is 3.32. The number of H-pyrrole nitrogens is 1. The van der Waals surface area contributed by atoms with Gasteiger partial charge in [-0.15, -0.1) is 0 Å². The van der Waals surface area contributed by atoms with Gasteiger partial charge >= 0.3 is 5.97 Å². The van der Waals surface area contributed by atoms with Gasteiger partial charge in [0.25, 0.3) is 5.91 Å². The number of amides is 1. The van der Waals surface area contributed by atoms with Crippen LogP contribution >= 0.6 is 0 Å². The predicted octanol–water partition coefficient (Wildman–Crippen LogP) is 2.22. The number of hydrogen-bond donors (Lipinski definition) is 2. The highest BCUT2D eigenvalue weighted by molar-refractivity contribution is 5.94. The van der Waals surface area contributed by atoms with E-state index in [0.717, 1.165) is 0 Å². The van der Waals surface area contributed by atoms with E-state index >= 15 is 0 Å². The number of rotatable bonds is 5.